The molecule has 2 heterocycles. The van der Waals surface area contributed by atoms with E-state index in [-0.39, 0.29) is 0 Å². The molecule has 0 unspecified atom stereocenters. The minimum absolute atomic E-state index is 0.405. The molecule has 1 aromatic carbocycles. The minimum atomic E-state index is -0.405. The SMILES string of the molecule is COC(=O)c1cc(-c2cccc(OC)c2)nc2c1c(C)nn2C. The van der Waals surface area contributed by atoms with E-state index < -0.39 is 5.97 Å². The van der Waals surface area contributed by atoms with Crippen molar-refractivity contribution in [2.75, 3.05) is 14.2 Å². The second-order valence-corrected chi connectivity index (χ2v) is 5.19. The number of aromatic nitrogens is 3. The number of aryl methyl sites for hydroxylation is 2. The van der Waals surface area contributed by atoms with Crippen LogP contribution in [-0.4, -0.2) is 35.0 Å². The molecule has 0 amide bonds. The van der Waals surface area contributed by atoms with Crippen LogP contribution in [0, 0.1) is 6.92 Å². The Morgan fingerprint density at radius 2 is 2.00 bits per heavy atom. The van der Waals surface area contributed by atoms with Gasteiger partial charge in [0.05, 0.1) is 36.6 Å². The van der Waals surface area contributed by atoms with E-state index in [1.807, 2.05) is 31.2 Å². The summed E-state index contributed by atoms with van der Waals surface area (Å²) in [6.45, 7) is 1.85. The second kappa shape index (κ2) is 5.72. The molecule has 23 heavy (non-hydrogen) atoms. The van der Waals surface area contributed by atoms with Crippen LogP contribution in [0.2, 0.25) is 0 Å². The van der Waals surface area contributed by atoms with E-state index in [0.29, 0.717) is 22.3 Å². The Hall–Kier alpha value is -2.89. The number of pyridine rings is 1. The zero-order valence-corrected chi connectivity index (χ0v) is 13.5. The van der Waals surface area contributed by atoms with Crippen molar-refractivity contribution in [1.82, 2.24) is 14.8 Å². The van der Waals surface area contributed by atoms with Crippen molar-refractivity contribution in [3.8, 4) is 17.0 Å². The molecule has 2 aromatic heterocycles. The van der Waals surface area contributed by atoms with E-state index in [0.717, 1.165) is 17.0 Å². The lowest BCUT2D eigenvalue weighted by molar-refractivity contribution is 0.0603. The van der Waals surface area contributed by atoms with E-state index in [1.165, 1.54) is 7.11 Å². The average Bonchev–Trinajstić information content (AvgIpc) is 2.87. The topological polar surface area (TPSA) is 66.2 Å². The molecular formula is C17H17N3O3. The van der Waals surface area contributed by atoms with Gasteiger partial charge in [-0.15, -0.1) is 0 Å². The summed E-state index contributed by atoms with van der Waals surface area (Å²) in [7, 11) is 4.78. The highest BCUT2D eigenvalue weighted by Crippen LogP contribution is 2.28. The number of hydrogen-bond donors (Lipinski definition) is 0. The van der Waals surface area contributed by atoms with Crippen molar-refractivity contribution < 1.29 is 14.3 Å². The standard InChI is InChI=1S/C17H17N3O3/c1-10-15-13(17(21)23-4)9-14(18-16(15)20(2)19-10)11-6-5-7-12(8-11)22-3/h5-9H,1-4H3. The smallest absolute Gasteiger partial charge is 0.338 e. The van der Waals surface area contributed by atoms with Gasteiger partial charge in [0.25, 0.3) is 0 Å². The Balaban J connectivity index is 2.30. The fourth-order valence-corrected chi connectivity index (χ4v) is 2.65. The quantitative estimate of drug-likeness (QED) is 0.696. The fourth-order valence-electron chi connectivity index (χ4n) is 2.65. The summed E-state index contributed by atoms with van der Waals surface area (Å²) < 4.78 is 11.8. The Bertz CT molecular complexity index is 899. The monoisotopic (exact) mass is 311 g/mol. The first-order valence-electron chi connectivity index (χ1n) is 7.12. The molecule has 0 radical (unpaired) electrons. The summed E-state index contributed by atoms with van der Waals surface area (Å²) in [5, 5.41) is 5.07. The second-order valence-electron chi connectivity index (χ2n) is 5.19. The molecule has 0 aliphatic rings. The lowest BCUT2D eigenvalue weighted by atomic mass is 10.1. The molecule has 0 atom stereocenters. The van der Waals surface area contributed by atoms with Crippen molar-refractivity contribution in [3.05, 3.63) is 41.6 Å². The van der Waals surface area contributed by atoms with Crippen LogP contribution in [0.3, 0.4) is 0 Å². The number of esters is 1. The molecule has 0 aliphatic carbocycles. The lowest BCUT2D eigenvalue weighted by Gasteiger charge is -2.08. The lowest BCUT2D eigenvalue weighted by Crippen LogP contribution is -2.04. The van der Waals surface area contributed by atoms with E-state index in [9.17, 15) is 4.79 Å². The normalized spacial score (nSPS) is 10.8. The highest BCUT2D eigenvalue weighted by atomic mass is 16.5. The first-order chi connectivity index (χ1) is 11.0. The number of nitrogens with zero attached hydrogens (tertiary/aromatic N) is 3. The van der Waals surface area contributed by atoms with Crippen LogP contribution in [0.5, 0.6) is 5.75 Å². The Morgan fingerprint density at radius 1 is 1.22 bits per heavy atom. The predicted octanol–water partition coefficient (Wildman–Crippen LogP) is 2.74. The van der Waals surface area contributed by atoms with Crippen LogP contribution < -0.4 is 4.74 Å². The van der Waals surface area contributed by atoms with Gasteiger partial charge in [-0.3, -0.25) is 4.68 Å². The number of benzene rings is 1. The summed E-state index contributed by atoms with van der Waals surface area (Å²) >= 11 is 0. The molecular weight excluding hydrogens is 294 g/mol. The first-order valence-corrected chi connectivity index (χ1v) is 7.12. The number of rotatable bonds is 3. The molecule has 0 bridgehead atoms. The van der Waals surface area contributed by atoms with Gasteiger partial charge >= 0.3 is 5.97 Å². The van der Waals surface area contributed by atoms with Gasteiger partial charge in [-0.2, -0.15) is 5.10 Å². The highest BCUT2D eigenvalue weighted by Gasteiger charge is 2.19. The molecule has 0 aliphatic heterocycles. The van der Waals surface area contributed by atoms with E-state index in [1.54, 1.807) is 24.9 Å². The van der Waals surface area contributed by atoms with Crippen LogP contribution in [0.4, 0.5) is 0 Å². The van der Waals surface area contributed by atoms with Crippen LogP contribution in [0.25, 0.3) is 22.3 Å². The third kappa shape index (κ3) is 2.52. The third-order valence-electron chi connectivity index (χ3n) is 3.74. The molecule has 0 spiro atoms. The fraction of sp³-hybridized carbons (Fsp3) is 0.235. The number of fused-ring (bicyclic) bond motifs is 1. The number of methoxy groups -OCH3 is 2. The van der Waals surface area contributed by atoms with Crippen LogP contribution in [0.1, 0.15) is 16.1 Å². The summed E-state index contributed by atoms with van der Waals surface area (Å²) in [5.41, 5.74) is 3.37. The van der Waals surface area contributed by atoms with Gasteiger partial charge in [-0.05, 0) is 25.1 Å². The zero-order valence-electron chi connectivity index (χ0n) is 13.5. The Kier molecular flexibility index (Phi) is 3.73. The Morgan fingerprint density at radius 3 is 2.70 bits per heavy atom. The van der Waals surface area contributed by atoms with Crippen molar-refractivity contribution in [2.45, 2.75) is 6.92 Å². The molecule has 0 saturated heterocycles. The number of ether oxygens (including phenoxy) is 2. The van der Waals surface area contributed by atoms with Gasteiger partial charge in [0, 0.05) is 12.6 Å². The molecule has 6 heteroatoms. The van der Waals surface area contributed by atoms with Crippen molar-refractivity contribution >= 4 is 17.0 Å². The van der Waals surface area contributed by atoms with Gasteiger partial charge in [0.2, 0.25) is 0 Å². The maximum atomic E-state index is 12.2. The van der Waals surface area contributed by atoms with Gasteiger partial charge < -0.3 is 9.47 Å². The molecule has 0 saturated carbocycles. The van der Waals surface area contributed by atoms with Crippen LogP contribution >= 0.6 is 0 Å². The number of carbonyl (C=O) groups is 1. The van der Waals surface area contributed by atoms with E-state index in [2.05, 4.69) is 10.1 Å². The maximum absolute atomic E-state index is 12.2. The van der Waals surface area contributed by atoms with Crippen LogP contribution in [0.15, 0.2) is 30.3 Å². The molecule has 3 rings (SSSR count). The predicted molar refractivity (Wildman–Crippen MR) is 86.6 cm³/mol. The summed E-state index contributed by atoms with van der Waals surface area (Å²) in [4.78, 5) is 16.8. The number of hydrogen-bond acceptors (Lipinski definition) is 5. The third-order valence-corrected chi connectivity index (χ3v) is 3.74. The zero-order chi connectivity index (χ0) is 16.6. The molecule has 3 aromatic rings. The average molecular weight is 311 g/mol. The van der Waals surface area contributed by atoms with Crippen molar-refractivity contribution in [3.63, 3.8) is 0 Å². The molecule has 6 nitrogen and oxygen atoms in total. The van der Waals surface area contributed by atoms with Crippen molar-refractivity contribution in [1.29, 1.82) is 0 Å². The number of carbonyl (C=O) groups excluding carboxylic acids is 1. The van der Waals surface area contributed by atoms with E-state index in [4.69, 9.17) is 9.47 Å². The first kappa shape index (κ1) is 15.0. The van der Waals surface area contributed by atoms with Gasteiger partial charge in [0.15, 0.2) is 5.65 Å². The van der Waals surface area contributed by atoms with E-state index >= 15 is 0 Å². The summed E-state index contributed by atoms with van der Waals surface area (Å²) in [6, 6.07) is 9.26. The Labute approximate surface area is 133 Å². The summed E-state index contributed by atoms with van der Waals surface area (Å²) in [6.07, 6.45) is 0. The highest BCUT2D eigenvalue weighted by molar-refractivity contribution is 6.04. The van der Waals surface area contributed by atoms with Gasteiger partial charge in [0.1, 0.15) is 5.75 Å². The van der Waals surface area contributed by atoms with Gasteiger partial charge in [-0.1, -0.05) is 12.1 Å². The molecule has 0 fully saturated rings. The van der Waals surface area contributed by atoms with Crippen molar-refractivity contribution in [2.24, 2.45) is 7.05 Å². The minimum Gasteiger partial charge on any atom is -0.497 e. The van der Waals surface area contributed by atoms with Crippen LogP contribution in [-0.2, 0) is 11.8 Å². The maximum Gasteiger partial charge on any atom is 0.338 e. The molecule has 0 N–H and O–H groups in total. The summed E-state index contributed by atoms with van der Waals surface area (Å²) in [5.74, 6) is 0.322. The largest absolute Gasteiger partial charge is 0.497 e. The van der Waals surface area contributed by atoms with Gasteiger partial charge in [-0.25, -0.2) is 9.78 Å². The molecule has 118 valence electrons.